The molecular formula is C20H18FNO6. The van der Waals surface area contributed by atoms with Crippen LogP contribution in [0.1, 0.15) is 67.1 Å². The number of amides is 1. The van der Waals surface area contributed by atoms with E-state index in [9.17, 15) is 33.8 Å². The van der Waals surface area contributed by atoms with Gasteiger partial charge in [-0.15, -0.1) is 0 Å². The Morgan fingerprint density at radius 1 is 0.893 bits per heavy atom. The maximum atomic E-state index is 13.3. The lowest BCUT2D eigenvalue weighted by atomic mass is 9.90. The number of alkyl halides is 1. The smallest absolute Gasteiger partial charge is 0.336 e. The van der Waals surface area contributed by atoms with E-state index >= 15 is 0 Å². The highest BCUT2D eigenvalue weighted by Gasteiger charge is 2.26. The fourth-order valence-electron chi connectivity index (χ4n) is 3.63. The van der Waals surface area contributed by atoms with E-state index in [2.05, 4.69) is 5.32 Å². The summed E-state index contributed by atoms with van der Waals surface area (Å²) in [6.07, 6.45) is 1.12. The number of nitrogens with one attached hydrogen (secondary N) is 1. The molecule has 0 heterocycles. The first-order valence-electron chi connectivity index (χ1n) is 8.80. The van der Waals surface area contributed by atoms with Gasteiger partial charge in [-0.25, -0.2) is 14.0 Å². The SMILES string of the molecule is O=Cc1ccc(C(=O)O)c2c(C(=O)NC3CCC(F)CC3)ccc(C(=O)O)c12. The second-order valence-corrected chi connectivity index (χ2v) is 6.76. The molecule has 2 aromatic rings. The molecule has 0 unspecified atom stereocenters. The van der Waals surface area contributed by atoms with E-state index < -0.39 is 24.0 Å². The molecule has 0 atom stereocenters. The normalized spacial score (nSPS) is 19.2. The summed E-state index contributed by atoms with van der Waals surface area (Å²) in [5.74, 6) is -3.28. The fourth-order valence-corrected chi connectivity index (χ4v) is 3.63. The molecule has 0 saturated heterocycles. The largest absolute Gasteiger partial charge is 0.478 e. The Balaban J connectivity index is 2.15. The van der Waals surface area contributed by atoms with E-state index in [1.165, 1.54) is 24.3 Å². The predicted molar refractivity (Wildman–Crippen MR) is 97.9 cm³/mol. The lowest BCUT2D eigenvalue weighted by Crippen LogP contribution is -2.38. The zero-order chi connectivity index (χ0) is 20.4. The molecule has 1 saturated carbocycles. The number of benzene rings is 2. The molecular weight excluding hydrogens is 369 g/mol. The number of hydrogen-bond donors (Lipinski definition) is 3. The van der Waals surface area contributed by atoms with E-state index in [4.69, 9.17) is 0 Å². The average Bonchev–Trinajstić information content (AvgIpc) is 2.67. The highest BCUT2D eigenvalue weighted by Crippen LogP contribution is 2.30. The molecule has 1 fully saturated rings. The van der Waals surface area contributed by atoms with Gasteiger partial charge in [0.15, 0.2) is 6.29 Å². The summed E-state index contributed by atoms with van der Waals surface area (Å²) in [5.41, 5.74) is -0.607. The average molecular weight is 387 g/mol. The highest BCUT2D eigenvalue weighted by molar-refractivity contribution is 6.21. The predicted octanol–water partition coefficient (Wildman–Crippen LogP) is 3.06. The molecule has 8 heteroatoms. The topological polar surface area (TPSA) is 121 Å². The molecule has 1 aliphatic carbocycles. The second-order valence-electron chi connectivity index (χ2n) is 6.76. The van der Waals surface area contributed by atoms with Crippen molar-refractivity contribution in [3.05, 3.63) is 46.5 Å². The van der Waals surface area contributed by atoms with E-state index in [0.29, 0.717) is 32.0 Å². The number of carboxylic acid groups (broad SMARTS) is 2. The summed E-state index contributed by atoms with van der Waals surface area (Å²) in [6, 6.07) is 4.55. The third-order valence-electron chi connectivity index (χ3n) is 5.02. The van der Waals surface area contributed by atoms with Gasteiger partial charge in [0.05, 0.1) is 11.1 Å². The number of aldehydes is 1. The van der Waals surface area contributed by atoms with Gasteiger partial charge in [0.25, 0.3) is 5.91 Å². The summed E-state index contributed by atoms with van der Waals surface area (Å²) >= 11 is 0. The first-order chi connectivity index (χ1) is 13.3. The first kappa shape index (κ1) is 19.5. The number of carbonyl (C=O) groups is 4. The molecule has 28 heavy (non-hydrogen) atoms. The van der Waals surface area contributed by atoms with Crippen LogP contribution in [0.15, 0.2) is 24.3 Å². The van der Waals surface area contributed by atoms with E-state index in [0.717, 1.165) is 0 Å². The molecule has 0 aliphatic heterocycles. The second kappa shape index (κ2) is 7.75. The molecule has 0 aromatic heterocycles. The van der Waals surface area contributed by atoms with Crippen LogP contribution in [-0.2, 0) is 0 Å². The van der Waals surface area contributed by atoms with Crippen LogP contribution in [0.3, 0.4) is 0 Å². The van der Waals surface area contributed by atoms with Crippen molar-refractivity contribution in [1.82, 2.24) is 5.32 Å². The van der Waals surface area contributed by atoms with Crippen molar-refractivity contribution in [2.75, 3.05) is 0 Å². The maximum Gasteiger partial charge on any atom is 0.336 e. The first-order valence-corrected chi connectivity index (χ1v) is 8.80. The fraction of sp³-hybridized carbons (Fsp3) is 0.300. The van der Waals surface area contributed by atoms with Gasteiger partial charge in [-0.3, -0.25) is 9.59 Å². The standard InChI is InChI=1S/C20H18FNO6/c21-11-2-4-12(5-3-11)22-18(24)13-7-8-14(19(25)26)16-10(9-23)1-6-15(17(13)16)20(27)28/h1,6-9,11-12H,2-5H2,(H,22,24)(H,25,26)(H,27,28). The molecule has 0 radical (unpaired) electrons. The van der Waals surface area contributed by atoms with Crippen molar-refractivity contribution < 1.29 is 33.8 Å². The number of aromatic carboxylic acids is 2. The monoisotopic (exact) mass is 387 g/mol. The minimum Gasteiger partial charge on any atom is -0.478 e. The van der Waals surface area contributed by atoms with Crippen LogP contribution >= 0.6 is 0 Å². The van der Waals surface area contributed by atoms with Crippen LogP contribution in [0.2, 0.25) is 0 Å². The van der Waals surface area contributed by atoms with Crippen molar-refractivity contribution in [2.24, 2.45) is 0 Å². The Morgan fingerprint density at radius 2 is 1.43 bits per heavy atom. The number of carboxylic acids is 2. The minimum absolute atomic E-state index is 0.0232. The maximum absolute atomic E-state index is 13.3. The van der Waals surface area contributed by atoms with Crippen LogP contribution in [0.5, 0.6) is 0 Å². The van der Waals surface area contributed by atoms with Crippen LogP contribution < -0.4 is 5.32 Å². The number of carbonyl (C=O) groups excluding carboxylic acids is 2. The summed E-state index contributed by atoms with van der Waals surface area (Å²) in [4.78, 5) is 47.5. The Kier molecular flexibility index (Phi) is 5.39. The minimum atomic E-state index is -1.35. The van der Waals surface area contributed by atoms with Gasteiger partial charge >= 0.3 is 11.9 Å². The number of fused-ring (bicyclic) bond motifs is 1. The van der Waals surface area contributed by atoms with Crippen molar-refractivity contribution in [2.45, 2.75) is 37.9 Å². The zero-order valence-corrected chi connectivity index (χ0v) is 14.8. The summed E-state index contributed by atoms with van der Waals surface area (Å²) in [6.45, 7) is 0. The van der Waals surface area contributed by atoms with Crippen molar-refractivity contribution in [3.63, 3.8) is 0 Å². The van der Waals surface area contributed by atoms with Crippen LogP contribution in [0.4, 0.5) is 4.39 Å². The van der Waals surface area contributed by atoms with Crippen LogP contribution in [-0.4, -0.2) is 46.6 Å². The molecule has 7 nitrogen and oxygen atoms in total. The molecule has 1 amide bonds. The van der Waals surface area contributed by atoms with Gasteiger partial charge < -0.3 is 15.5 Å². The Bertz CT molecular complexity index is 978. The number of rotatable bonds is 5. The summed E-state index contributed by atoms with van der Waals surface area (Å²) < 4.78 is 13.3. The van der Waals surface area contributed by atoms with Crippen LogP contribution in [0, 0.1) is 0 Å². The summed E-state index contributed by atoms with van der Waals surface area (Å²) in [5, 5.41) is 21.5. The van der Waals surface area contributed by atoms with Crippen molar-refractivity contribution in [1.29, 1.82) is 0 Å². The van der Waals surface area contributed by atoms with Crippen molar-refractivity contribution in [3.8, 4) is 0 Å². The van der Waals surface area contributed by atoms with Gasteiger partial charge in [-0.05, 0) is 43.9 Å². The Hall–Kier alpha value is -3.29. The Morgan fingerprint density at radius 3 is 2.00 bits per heavy atom. The number of hydrogen-bond acceptors (Lipinski definition) is 4. The van der Waals surface area contributed by atoms with Gasteiger partial charge in [0.2, 0.25) is 0 Å². The molecule has 2 aromatic carbocycles. The molecule has 1 aliphatic rings. The molecule has 3 N–H and O–H groups in total. The zero-order valence-electron chi connectivity index (χ0n) is 14.8. The van der Waals surface area contributed by atoms with Gasteiger partial charge in [-0.2, -0.15) is 0 Å². The van der Waals surface area contributed by atoms with E-state index in [1.807, 2.05) is 0 Å². The van der Waals surface area contributed by atoms with Crippen LogP contribution in [0.25, 0.3) is 10.8 Å². The van der Waals surface area contributed by atoms with Gasteiger partial charge in [0, 0.05) is 27.9 Å². The van der Waals surface area contributed by atoms with E-state index in [1.54, 1.807) is 0 Å². The van der Waals surface area contributed by atoms with E-state index in [-0.39, 0.29) is 39.1 Å². The van der Waals surface area contributed by atoms with Crippen molar-refractivity contribution >= 4 is 34.9 Å². The number of halogens is 1. The molecule has 0 spiro atoms. The molecule has 3 rings (SSSR count). The molecule has 146 valence electrons. The third kappa shape index (κ3) is 3.58. The summed E-state index contributed by atoms with van der Waals surface area (Å²) in [7, 11) is 0. The van der Waals surface area contributed by atoms with Gasteiger partial charge in [-0.1, -0.05) is 6.07 Å². The van der Waals surface area contributed by atoms with Gasteiger partial charge in [0.1, 0.15) is 6.17 Å². The lowest BCUT2D eigenvalue weighted by molar-refractivity contribution is 0.0686. The third-order valence-corrected chi connectivity index (χ3v) is 5.02. The highest BCUT2D eigenvalue weighted by atomic mass is 19.1. The quantitative estimate of drug-likeness (QED) is 0.678. The molecule has 0 bridgehead atoms. The Labute approximate surface area is 159 Å². The lowest BCUT2D eigenvalue weighted by Gasteiger charge is -2.25.